The number of aromatic nitrogens is 1. The molecule has 1 fully saturated rings. The lowest BCUT2D eigenvalue weighted by molar-refractivity contribution is 0.459. The fraction of sp³-hybridized carbons (Fsp3) is 0.571. The maximum Gasteiger partial charge on any atom is 0.165 e. The third-order valence-corrected chi connectivity index (χ3v) is 3.77. The summed E-state index contributed by atoms with van der Waals surface area (Å²) >= 11 is 0. The molecule has 0 aliphatic carbocycles. The summed E-state index contributed by atoms with van der Waals surface area (Å²) < 4.78 is 0. The van der Waals surface area contributed by atoms with Crippen molar-refractivity contribution in [1.29, 1.82) is 5.26 Å². The number of hydrogen-bond donors (Lipinski definition) is 1. The van der Waals surface area contributed by atoms with Crippen LogP contribution in [0, 0.1) is 17.2 Å². The van der Waals surface area contributed by atoms with Gasteiger partial charge in [0.25, 0.3) is 0 Å². The molecule has 2 rings (SSSR count). The van der Waals surface area contributed by atoms with Gasteiger partial charge in [-0.2, -0.15) is 5.26 Å². The number of pyridine rings is 1. The molecule has 2 heterocycles. The van der Waals surface area contributed by atoms with Crippen LogP contribution in [0.4, 0.5) is 11.5 Å². The van der Waals surface area contributed by atoms with Crippen LogP contribution in [0.15, 0.2) is 12.1 Å². The molecule has 0 spiro atoms. The van der Waals surface area contributed by atoms with Gasteiger partial charge in [0.15, 0.2) is 5.69 Å². The van der Waals surface area contributed by atoms with Crippen molar-refractivity contribution in [3.05, 3.63) is 17.8 Å². The van der Waals surface area contributed by atoms with Crippen molar-refractivity contribution in [3.8, 4) is 6.07 Å². The van der Waals surface area contributed by atoms with Crippen LogP contribution in [0.25, 0.3) is 0 Å². The lowest BCUT2D eigenvalue weighted by Gasteiger charge is -2.22. The summed E-state index contributed by atoms with van der Waals surface area (Å²) in [4.78, 5) is 6.62. The van der Waals surface area contributed by atoms with Gasteiger partial charge in [0, 0.05) is 13.1 Å². The van der Waals surface area contributed by atoms with E-state index in [4.69, 9.17) is 11.0 Å². The Hall–Kier alpha value is -1.76. The van der Waals surface area contributed by atoms with E-state index in [1.54, 1.807) is 6.07 Å². The van der Waals surface area contributed by atoms with Crippen LogP contribution < -0.4 is 10.6 Å². The molecule has 2 N–H and O–H groups in total. The van der Waals surface area contributed by atoms with E-state index < -0.39 is 0 Å². The molecular weight excluding hydrogens is 224 g/mol. The molecule has 0 radical (unpaired) electrons. The second-order valence-corrected chi connectivity index (χ2v) is 4.91. The molecule has 1 aromatic rings. The average molecular weight is 244 g/mol. The highest BCUT2D eigenvalue weighted by molar-refractivity contribution is 5.55. The van der Waals surface area contributed by atoms with E-state index in [0.29, 0.717) is 11.4 Å². The van der Waals surface area contributed by atoms with Crippen LogP contribution in [0.5, 0.6) is 0 Å². The normalized spacial score (nSPS) is 20.2. The molecule has 1 saturated heterocycles. The summed E-state index contributed by atoms with van der Waals surface area (Å²) in [5.41, 5.74) is 6.50. The smallest absolute Gasteiger partial charge is 0.165 e. The van der Waals surface area contributed by atoms with Gasteiger partial charge in [-0.3, -0.25) is 0 Å². The predicted molar refractivity (Wildman–Crippen MR) is 73.2 cm³/mol. The minimum Gasteiger partial charge on any atom is -0.396 e. The fourth-order valence-corrected chi connectivity index (χ4v) is 2.53. The van der Waals surface area contributed by atoms with E-state index in [1.807, 2.05) is 12.1 Å². The van der Waals surface area contributed by atoms with E-state index >= 15 is 0 Å². The summed E-state index contributed by atoms with van der Waals surface area (Å²) in [6.45, 7) is 4.31. The topological polar surface area (TPSA) is 65.9 Å². The van der Waals surface area contributed by atoms with Gasteiger partial charge >= 0.3 is 0 Å². The van der Waals surface area contributed by atoms with Crippen LogP contribution in [0.2, 0.25) is 0 Å². The van der Waals surface area contributed by atoms with Gasteiger partial charge in [-0.15, -0.1) is 0 Å². The minimum absolute atomic E-state index is 0.337. The Morgan fingerprint density at radius 1 is 1.44 bits per heavy atom. The highest BCUT2D eigenvalue weighted by atomic mass is 15.2. The molecule has 1 aromatic heterocycles. The van der Waals surface area contributed by atoms with Gasteiger partial charge in [-0.1, -0.05) is 13.3 Å². The number of nitriles is 1. The second-order valence-electron chi connectivity index (χ2n) is 4.91. The predicted octanol–water partition coefficient (Wildman–Crippen LogP) is 2.55. The standard InChI is InChI=1S/C14H20N4/c1-2-11-4-3-8-18(9-7-11)14-6-5-12(16)13(10-15)17-14/h5-6,11H,2-4,7-9,16H2,1H3. The first-order chi connectivity index (χ1) is 8.74. The van der Waals surface area contributed by atoms with E-state index in [1.165, 1.54) is 25.7 Å². The molecule has 0 aromatic carbocycles. The second kappa shape index (κ2) is 5.72. The summed E-state index contributed by atoms with van der Waals surface area (Å²) in [6, 6.07) is 5.75. The molecule has 1 aliphatic rings. The van der Waals surface area contributed by atoms with Gasteiger partial charge in [0.2, 0.25) is 0 Å². The Morgan fingerprint density at radius 2 is 2.28 bits per heavy atom. The Balaban J connectivity index is 2.14. The molecule has 96 valence electrons. The zero-order valence-electron chi connectivity index (χ0n) is 10.9. The molecule has 1 atom stereocenters. The third kappa shape index (κ3) is 2.73. The quantitative estimate of drug-likeness (QED) is 0.868. The van der Waals surface area contributed by atoms with E-state index in [9.17, 15) is 0 Å². The van der Waals surface area contributed by atoms with Gasteiger partial charge < -0.3 is 10.6 Å². The molecule has 0 amide bonds. The molecule has 0 bridgehead atoms. The monoisotopic (exact) mass is 244 g/mol. The number of nitrogens with zero attached hydrogens (tertiary/aromatic N) is 3. The van der Waals surface area contributed by atoms with Crippen molar-refractivity contribution in [2.24, 2.45) is 5.92 Å². The first-order valence-electron chi connectivity index (χ1n) is 6.66. The molecule has 1 aliphatic heterocycles. The Labute approximate surface area is 108 Å². The van der Waals surface area contributed by atoms with Crippen molar-refractivity contribution >= 4 is 11.5 Å². The van der Waals surface area contributed by atoms with E-state index in [0.717, 1.165) is 24.8 Å². The van der Waals surface area contributed by atoms with Crippen molar-refractivity contribution in [2.45, 2.75) is 32.6 Å². The summed E-state index contributed by atoms with van der Waals surface area (Å²) in [7, 11) is 0. The van der Waals surface area contributed by atoms with E-state index in [-0.39, 0.29) is 0 Å². The summed E-state index contributed by atoms with van der Waals surface area (Å²) in [5, 5.41) is 8.97. The van der Waals surface area contributed by atoms with Gasteiger partial charge in [0.05, 0.1) is 5.69 Å². The SMILES string of the molecule is CCC1CCCN(c2ccc(N)c(C#N)n2)CC1. The highest BCUT2D eigenvalue weighted by Gasteiger charge is 2.17. The highest BCUT2D eigenvalue weighted by Crippen LogP contribution is 2.24. The van der Waals surface area contributed by atoms with Crippen LogP contribution in [-0.4, -0.2) is 18.1 Å². The van der Waals surface area contributed by atoms with Crippen molar-refractivity contribution in [2.75, 3.05) is 23.7 Å². The summed E-state index contributed by atoms with van der Waals surface area (Å²) in [6.07, 6.45) is 4.97. The maximum absolute atomic E-state index is 8.97. The Morgan fingerprint density at radius 3 is 3.00 bits per heavy atom. The first kappa shape index (κ1) is 12.7. The Kier molecular flexibility index (Phi) is 4.03. The van der Waals surface area contributed by atoms with Crippen LogP contribution >= 0.6 is 0 Å². The number of rotatable bonds is 2. The summed E-state index contributed by atoms with van der Waals surface area (Å²) in [5.74, 6) is 1.72. The van der Waals surface area contributed by atoms with Gasteiger partial charge in [-0.25, -0.2) is 4.98 Å². The number of anilines is 2. The average Bonchev–Trinajstić information content (AvgIpc) is 2.64. The number of nitrogen functional groups attached to an aromatic ring is 1. The van der Waals surface area contributed by atoms with Crippen molar-refractivity contribution in [3.63, 3.8) is 0 Å². The largest absolute Gasteiger partial charge is 0.396 e. The molecular formula is C14H20N4. The van der Waals surface area contributed by atoms with Gasteiger partial charge in [0.1, 0.15) is 11.9 Å². The van der Waals surface area contributed by atoms with Crippen molar-refractivity contribution in [1.82, 2.24) is 4.98 Å². The number of hydrogen-bond acceptors (Lipinski definition) is 4. The van der Waals surface area contributed by atoms with Crippen LogP contribution in [0.1, 0.15) is 38.3 Å². The van der Waals surface area contributed by atoms with E-state index in [2.05, 4.69) is 16.8 Å². The Bertz CT molecular complexity index is 450. The van der Waals surface area contributed by atoms with Gasteiger partial charge in [-0.05, 0) is 37.3 Å². The zero-order chi connectivity index (χ0) is 13.0. The molecule has 18 heavy (non-hydrogen) atoms. The molecule has 1 unspecified atom stereocenters. The molecule has 0 saturated carbocycles. The lowest BCUT2D eigenvalue weighted by atomic mass is 9.98. The fourth-order valence-electron chi connectivity index (χ4n) is 2.53. The molecule has 4 nitrogen and oxygen atoms in total. The van der Waals surface area contributed by atoms with Crippen molar-refractivity contribution < 1.29 is 0 Å². The lowest BCUT2D eigenvalue weighted by Crippen LogP contribution is -2.25. The van der Waals surface area contributed by atoms with Crippen LogP contribution in [-0.2, 0) is 0 Å². The van der Waals surface area contributed by atoms with Crippen LogP contribution in [0.3, 0.4) is 0 Å². The third-order valence-electron chi connectivity index (χ3n) is 3.77. The molecule has 4 heteroatoms. The zero-order valence-corrected chi connectivity index (χ0v) is 10.9. The maximum atomic E-state index is 8.97. The first-order valence-corrected chi connectivity index (χ1v) is 6.66. The number of nitrogens with two attached hydrogens (primary N) is 1. The minimum atomic E-state index is 0.337.